The van der Waals surface area contributed by atoms with Crippen LogP contribution in [0.4, 0.5) is 20.3 Å². The van der Waals surface area contributed by atoms with Crippen LogP contribution in [0.15, 0.2) is 52.1 Å². The lowest BCUT2D eigenvalue weighted by atomic mass is 9.91. The molecule has 5 aromatic rings. The molecule has 0 saturated carbocycles. The van der Waals surface area contributed by atoms with Crippen LogP contribution in [0.5, 0.6) is 5.88 Å². The third-order valence-electron chi connectivity index (χ3n) is 9.74. The number of anilines is 2. The highest BCUT2D eigenvalue weighted by Crippen LogP contribution is 2.43. The minimum Gasteiger partial charge on any atom is -0.481 e. The lowest BCUT2D eigenvalue weighted by Gasteiger charge is -2.38. The molecule has 2 fully saturated rings. The van der Waals surface area contributed by atoms with Gasteiger partial charge < -0.3 is 20.7 Å². The Balaban J connectivity index is 0.000000404. The first-order valence-electron chi connectivity index (χ1n) is 16.6. The average Bonchev–Trinajstić information content (AvgIpc) is 3.77. The number of carbonyl (C=O) groups excluding carboxylic acids is 1. The van der Waals surface area contributed by atoms with E-state index >= 15 is 0 Å². The predicted molar refractivity (Wildman–Crippen MR) is 195 cm³/mol. The Hall–Kier alpha value is -4.92. The zero-order valence-electron chi connectivity index (χ0n) is 28.4. The van der Waals surface area contributed by atoms with E-state index in [2.05, 4.69) is 25.9 Å². The molecule has 2 saturated heterocycles. The van der Waals surface area contributed by atoms with Gasteiger partial charge in [0.1, 0.15) is 11.2 Å². The second kappa shape index (κ2) is 13.9. The first-order chi connectivity index (χ1) is 24.9. The number of hydrogen-bond acceptors (Lipinski definition) is 9. The number of methoxy groups -OCH3 is 1. The number of benzene rings is 2. The van der Waals surface area contributed by atoms with E-state index < -0.39 is 23.5 Å². The molecule has 52 heavy (non-hydrogen) atoms. The second-order valence-corrected chi connectivity index (χ2v) is 13.8. The van der Waals surface area contributed by atoms with Gasteiger partial charge in [-0.05, 0) is 43.4 Å². The Kier molecular flexibility index (Phi) is 9.48. The van der Waals surface area contributed by atoms with E-state index in [0.717, 1.165) is 59.9 Å². The number of nitrogens with one attached hydrogen (secondary N) is 3. The molecule has 12 nitrogen and oxygen atoms in total. The van der Waals surface area contributed by atoms with Gasteiger partial charge in [0.15, 0.2) is 11.5 Å². The van der Waals surface area contributed by atoms with Crippen molar-refractivity contribution in [3.05, 3.63) is 90.3 Å². The van der Waals surface area contributed by atoms with Gasteiger partial charge in [-0.2, -0.15) is 0 Å². The number of carbonyl (C=O) groups is 1. The van der Waals surface area contributed by atoms with Crippen molar-refractivity contribution in [1.29, 1.82) is 0 Å². The van der Waals surface area contributed by atoms with Crippen LogP contribution in [-0.2, 0) is 31.7 Å². The van der Waals surface area contributed by atoms with Gasteiger partial charge in [-0.1, -0.05) is 53.5 Å². The lowest BCUT2D eigenvalue weighted by Crippen LogP contribution is -2.65. The summed E-state index contributed by atoms with van der Waals surface area (Å²) in [4.78, 5) is 48.7. The van der Waals surface area contributed by atoms with Crippen LogP contribution in [-0.4, -0.2) is 55.7 Å². The number of halogens is 4. The monoisotopic (exact) mass is 750 g/mol. The van der Waals surface area contributed by atoms with Gasteiger partial charge in [-0.15, -0.1) is 0 Å². The summed E-state index contributed by atoms with van der Waals surface area (Å²) in [5.74, 6) is -0.264. The maximum Gasteiger partial charge on any atom is 0.332 e. The van der Waals surface area contributed by atoms with Crippen molar-refractivity contribution in [2.24, 2.45) is 14.1 Å². The highest BCUT2D eigenvalue weighted by atomic mass is 35.5. The number of aromatic nitrogens is 5. The van der Waals surface area contributed by atoms with E-state index in [-0.39, 0.29) is 39.0 Å². The van der Waals surface area contributed by atoms with E-state index in [1.54, 1.807) is 25.3 Å². The molecule has 1 amide bonds. The molecule has 0 bridgehead atoms. The first-order valence-corrected chi connectivity index (χ1v) is 17.4. The third kappa shape index (κ3) is 6.28. The fraction of sp³-hybridized carbons (Fsp3) is 0.333. The molecule has 8 rings (SSSR count). The molecule has 1 aliphatic carbocycles. The van der Waals surface area contributed by atoms with E-state index in [1.807, 2.05) is 24.3 Å². The summed E-state index contributed by atoms with van der Waals surface area (Å²) in [6, 6.07) is 12.6. The van der Waals surface area contributed by atoms with Gasteiger partial charge in [-0.25, -0.2) is 28.5 Å². The largest absolute Gasteiger partial charge is 0.481 e. The van der Waals surface area contributed by atoms with Crippen LogP contribution in [0, 0.1) is 0 Å². The van der Waals surface area contributed by atoms with E-state index in [9.17, 15) is 23.2 Å². The molecule has 3 aromatic heterocycles. The van der Waals surface area contributed by atoms with Gasteiger partial charge >= 0.3 is 5.69 Å². The Morgan fingerprint density at radius 2 is 1.63 bits per heavy atom. The van der Waals surface area contributed by atoms with Crippen molar-refractivity contribution in [2.75, 3.05) is 25.5 Å². The van der Waals surface area contributed by atoms with Crippen LogP contribution in [0.1, 0.15) is 42.6 Å². The van der Waals surface area contributed by atoms with Crippen LogP contribution < -0.4 is 31.9 Å². The number of rotatable bonds is 6. The van der Waals surface area contributed by atoms with E-state index in [0.29, 0.717) is 33.3 Å². The summed E-state index contributed by atoms with van der Waals surface area (Å²) in [5, 5.41) is 9.51. The zero-order valence-corrected chi connectivity index (χ0v) is 30.0. The number of ether oxygens (including phenoxy) is 1. The predicted octanol–water partition coefficient (Wildman–Crippen LogP) is 5.48. The minimum atomic E-state index is -3.06. The molecule has 1 spiro atoms. The molecule has 3 aliphatic rings. The van der Waals surface area contributed by atoms with Crippen molar-refractivity contribution in [2.45, 2.75) is 44.1 Å². The number of aryl methyl sites for hydroxylation is 2. The van der Waals surface area contributed by atoms with Gasteiger partial charge in [0.05, 0.1) is 34.1 Å². The van der Waals surface area contributed by atoms with Crippen LogP contribution in [0.25, 0.3) is 33.4 Å². The number of amides is 1. The molecule has 16 heteroatoms. The Morgan fingerprint density at radius 1 is 0.923 bits per heavy atom. The molecule has 2 aliphatic heterocycles. The quantitative estimate of drug-likeness (QED) is 0.206. The lowest BCUT2D eigenvalue weighted by molar-refractivity contribution is -0.120. The molecule has 270 valence electrons. The maximum atomic E-state index is 13.8. The Morgan fingerprint density at radius 3 is 2.27 bits per heavy atom. The van der Waals surface area contributed by atoms with Crippen molar-refractivity contribution in [3.8, 4) is 28.3 Å². The highest BCUT2D eigenvalue weighted by Gasteiger charge is 2.42. The smallest absolute Gasteiger partial charge is 0.332 e. The van der Waals surface area contributed by atoms with Gasteiger partial charge in [0, 0.05) is 55.9 Å². The van der Waals surface area contributed by atoms with Crippen LogP contribution in [0.2, 0.25) is 10.0 Å². The molecule has 3 N–H and O–H groups in total. The zero-order chi connectivity index (χ0) is 36.9. The van der Waals surface area contributed by atoms with Gasteiger partial charge in [0.2, 0.25) is 11.8 Å². The summed E-state index contributed by atoms with van der Waals surface area (Å²) in [6.45, 7) is 1.94. The number of alkyl halides is 2. The summed E-state index contributed by atoms with van der Waals surface area (Å²) >= 11 is 13.9. The third-order valence-corrected chi connectivity index (χ3v) is 10.6. The SMILES string of the molecule is COc1nc(-c2cccc(-c3cccc(Nc4nc(C(F)F)nc5c4c(=O)n(C)c(=O)n5C)c3Cl)c2Cl)cc2c1CCC2.O=C1CCC2(CNC2)N1. The van der Waals surface area contributed by atoms with Gasteiger partial charge in [-0.3, -0.25) is 18.7 Å². The van der Waals surface area contributed by atoms with Crippen molar-refractivity contribution in [1.82, 2.24) is 34.7 Å². The standard InChI is InChI=1S/C30H24Cl2F2N6O3.C6H10N2O/c1-39-27-21(29(41)40(2)30(39)42)25(37-26(38-27)24(33)34)35-19-12-6-10-17(23(19)32)16-9-5-11-18(22(16)31)20-13-14-7-4-8-15(14)28(36-20)43-3;9-5-1-2-6(8-5)3-7-4-6/h5-6,9-13,24H,4,7-8H2,1-3H3,(H,35,37,38);7H,1-4H2,(H,8,9). The van der Waals surface area contributed by atoms with Crippen molar-refractivity contribution < 1.29 is 18.3 Å². The maximum absolute atomic E-state index is 13.8. The van der Waals surface area contributed by atoms with Crippen molar-refractivity contribution >= 4 is 51.6 Å². The summed E-state index contributed by atoms with van der Waals surface area (Å²) in [5.41, 5.74) is 3.55. The minimum absolute atomic E-state index is 0.146. The Bertz CT molecular complexity index is 2380. The molecule has 0 unspecified atom stereocenters. The molecule has 0 radical (unpaired) electrons. The van der Waals surface area contributed by atoms with Crippen LogP contribution in [0.3, 0.4) is 0 Å². The molecular weight excluding hydrogens is 717 g/mol. The van der Waals surface area contributed by atoms with E-state index in [1.165, 1.54) is 19.7 Å². The molecule has 2 aromatic carbocycles. The summed E-state index contributed by atoms with van der Waals surface area (Å²) in [7, 11) is 4.22. The normalized spacial score (nSPS) is 15.7. The highest BCUT2D eigenvalue weighted by molar-refractivity contribution is 6.39. The molecule has 0 atom stereocenters. The number of fused-ring (bicyclic) bond motifs is 2. The first kappa shape index (κ1) is 35.5. The molecular formula is C36H34Cl2F2N8O4. The van der Waals surface area contributed by atoms with E-state index in [4.69, 9.17) is 32.9 Å². The summed E-state index contributed by atoms with van der Waals surface area (Å²) < 4.78 is 34.9. The molecule has 5 heterocycles. The van der Waals surface area contributed by atoms with Crippen LogP contribution >= 0.6 is 23.2 Å². The average molecular weight is 752 g/mol. The number of nitrogens with zero attached hydrogens (tertiary/aromatic N) is 5. The fourth-order valence-corrected chi connectivity index (χ4v) is 7.48. The topological polar surface area (TPSA) is 145 Å². The second-order valence-electron chi connectivity index (χ2n) is 13.0. The van der Waals surface area contributed by atoms with Gasteiger partial charge in [0.25, 0.3) is 12.0 Å². The van der Waals surface area contributed by atoms with Crippen molar-refractivity contribution in [3.63, 3.8) is 0 Å². The Labute approximate surface area is 306 Å². The summed E-state index contributed by atoms with van der Waals surface area (Å²) in [6.07, 6.45) is 1.57. The fourth-order valence-electron chi connectivity index (χ4n) is 6.88. The number of pyridine rings is 1. The number of hydrogen-bond donors (Lipinski definition) is 3.